The molecular weight excluding hydrogens is 253 g/mol. The summed E-state index contributed by atoms with van der Waals surface area (Å²) in [6, 6.07) is 14.7. The molecule has 0 radical (unpaired) electrons. The lowest BCUT2D eigenvalue weighted by molar-refractivity contribution is 0.397. The highest BCUT2D eigenvalue weighted by molar-refractivity contribution is 5.38. The van der Waals surface area contributed by atoms with Gasteiger partial charge in [-0.2, -0.15) is 0 Å². The highest BCUT2D eigenvalue weighted by Crippen LogP contribution is 2.31. The minimum absolute atomic E-state index is 0.248. The lowest BCUT2D eigenvalue weighted by Crippen LogP contribution is -2.34. The Morgan fingerprint density at radius 2 is 1.85 bits per heavy atom. The third-order valence-corrected chi connectivity index (χ3v) is 3.74. The van der Waals surface area contributed by atoms with Crippen molar-refractivity contribution in [1.29, 1.82) is 0 Å². The second-order valence-electron chi connectivity index (χ2n) is 5.26. The van der Waals surface area contributed by atoms with Crippen LogP contribution < -0.4 is 10.5 Å². The van der Waals surface area contributed by atoms with Gasteiger partial charge in [0.05, 0.1) is 7.11 Å². The van der Waals surface area contributed by atoms with Gasteiger partial charge in [0.15, 0.2) is 0 Å². The number of halogens is 1. The first-order valence-corrected chi connectivity index (χ1v) is 6.67. The molecule has 0 spiro atoms. The Kier molecular flexibility index (Phi) is 4.40. The molecule has 3 heteroatoms. The Labute approximate surface area is 119 Å². The van der Waals surface area contributed by atoms with E-state index in [-0.39, 0.29) is 11.2 Å². The van der Waals surface area contributed by atoms with Gasteiger partial charge in [-0.15, -0.1) is 0 Å². The maximum Gasteiger partial charge on any atom is 0.123 e. The van der Waals surface area contributed by atoms with Crippen LogP contribution in [0.2, 0.25) is 0 Å². The molecule has 106 valence electrons. The summed E-state index contributed by atoms with van der Waals surface area (Å²) in [7, 11) is 1.60. The van der Waals surface area contributed by atoms with E-state index in [1.54, 1.807) is 13.2 Å². The highest BCUT2D eigenvalue weighted by Gasteiger charge is 2.26. The van der Waals surface area contributed by atoms with E-state index in [0.717, 1.165) is 11.1 Å². The van der Waals surface area contributed by atoms with E-state index in [4.69, 9.17) is 10.5 Å². The SMILES string of the molecule is COc1ccc(F)cc1CC(C)(CN)c1ccccc1. The maximum atomic E-state index is 13.5. The third-order valence-electron chi connectivity index (χ3n) is 3.74. The predicted octanol–water partition coefficient (Wildman–Crippen LogP) is 3.29. The fraction of sp³-hybridized carbons (Fsp3) is 0.294. The van der Waals surface area contributed by atoms with Crippen molar-refractivity contribution in [3.63, 3.8) is 0 Å². The molecule has 2 aromatic carbocycles. The van der Waals surface area contributed by atoms with E-state index in [9.17, 15) is 4.39 Å². The van der Waals surface area contributed by atoms with Crippen LogP contribution in [0, 0.1) is 5.82 Å². The van der Waals surface area contributed by atoms with Crippen LogP contribution in [-0.2, 0) is 11.8 Å². The summed E-state index contributed by atoms with van der Waals surface area (Å²) >= 11 is 0. The molecule has 0 heterocycles. The van der Waals surface area contributed by atoms with Crippen LogP contribution >= 0.6 is 0 Å². The molecule has 0 aliphatic carbocycles. The highest BCUT2D eigenvalue weighted by atomic mass is 19.1. The molecule has 0 saturated heterocycles. The fourth-order valence-corrected chi connectivity index (χ4v) is 2.44. The van der Waals surface area contributed by atoms with Crippen LogP contribution in [0.1, 0.15) is 18.1 Å². The van der Waals surface area contributed by atoms with Crippen LogP contribution in [0.3, 0.4) is 0 Å². The van der Waals surface area contributed by atoms with E-state index in [0.29, 0.717) is 18.7 Å². The molecule has 1 atom stereocenters. The Hall–Kier alpha value is -1.87. The zero-order valence-corrected chi connectivity index (χ0v) is 11.9. The lowest BCUT2D eigenvalue weighted by atomic mass is 9.77. The first-order chi connectivity index (χ1) is 9.59. The molecule has 0 aliphatic rings. The fourth-order valence-electron chi connectivity index (χ4n) is 2.44. The van der Waals surface area contributed by atoms with Crippen molar-refractivity contribution >= 4 is 0 Å². The van der Waals surface area contributed by atoms with Crippen LogP contribution in [0.25, 0.3) is 0 Å². The second-order valence-corrected chi connectivity index (χ2v) is 5.26. The third kappa shape index (κ3) is 2.99. The summed E-state index contributed by atoms with van der Waals surface area (Å²) < 4.78 is 18.8. The molecule has 1 unspecified atom stereocenters. The number of nitrogens with two attached hydrogens (primary N) is 1. The zero-order valence-electron chi connectivity index (χ0n) is 11.9. The van der Waals surface area contributed by atoms with Crippen LogP contribution in [0.4, 0.5) is 4.39 Å². The summed E-state index contributed by atoms with van der Waals surface area (Å²) in [6.45, 7) is 2.57. The van der Waals surface area contributed by atoms with Gasteiger partial charge in [-0.1, -0.05) is 37.3 Å². The Morgan fingerprint density at radius 3 is 2.45 bits per heavy atom. The van der Waals surface area contributed by atoms with Gasteiger partial charge in [-0.25, -0.2) is 4.39 Å². The molecule has 2 rings (SSSR count). The molecule has 2 N–H and O–H groups in total. The van der Waals surface area contributed by atoms with Crippen molar-refractivity contribution in [2.45, 2.75) is 18.8 Å². The standard InChI is InChI=1S/C17H20FNO/c1-17(12-19,14-6-4-3-5-7-14)11-13-10-15(18)8-9-16(13)20-2/h3-10H,11-12,19H2,1-2H3. The average molecular weight is 273 g/mol. The van der Waals surface area contributed by atoms with E-state index < -0.39 is 0 Å². The largest absolute Gasteiger partial charge is 0.496 e. The molecule has 0 bridgehead atoms. The summed E-state index contributed by atoms with van der Waals surface area (Å²) in [5.41, 5.74) is 7.72. The number of benzene rings is 2. The number of methoxy groups -OCH3 is 1. The zero-order chi connectivity index (χ0) is 14.6. The van der Waals surface area contributed by atoms with Crippen molar-refractivity contribution in [1.82, 2.24) is 0 Å². The lowest BCUT2D eigenvalue weighted by Gasteiger charge is -2.29. The monoisotopic (exact) mass is 273 g/mol. The van der Waals surface area contributed by atoms with Crippen molar-refractivity contribution in [2.24, 2.45) is 5.73 Å². The van der Waals surface area contributed by atoms with Crippen LogP contribution in [0.15, 0.2) is 48.5 Å². The van der Waals surface area contributed by atoms with Gasteiger partial charge in [0.1, 0.15) is 11.6 Å². The Balaban J connectivity index is 2.38. The maximum absolute atomic E-state index is 13.5. The topological polar surface area (TPSA) is 35.2 Å². The van der Waals surface area contributed by atoms with Gasteiger partial charge in [-0.05, 0) is 35.7 Å². The molecule has 0 aromatic heterocycles. The minimum Gasteiger partial charge on any atom is -0.496 e. The Morgan fingerprint density at radius 1 is 1.15 bits per heavy atom. The van der Waals surface area contributed by atoms with Gasteiger partial charge in [-0.3, -0.25) is 0 Å². The van der Waals surface area contributed by atoms with Gasteiger partial charge < -0.3 is 10.5 Å². The minimum atomic E-state index is -0.256. The smallest absolute Gasteiger partial charge is 0.123 e. The molecule has 0 amide bonds. The molecule has 2 nitrogen and oxygen atoms in total. The summed E-state index contributed by atoms with van der Waals surface area (Å²) in [5, 5.41) is 0. The molecular formula is C17H20FNO. The number of rotatable bonds is 5. The van der Waals surface area contributed by atoms with Gasteiger partial charge >= 0.3 is 0 Å². The van der Waals surface area contributed by atoms with Crippen LogP contribution in [-0.4, -0.2) is 13.7 Å². The van der Waals surface area contributed by atoms with E-state index >= 15 is 0 Å². The number of hydrogen-bond acceptors (Lipinski definition) is 2. The molecule has 0 fully saturated rings. The second kappa shape index (κ2) is 6.06. The first kappa shape index (κ1) is 14.5. The van der Waals surface area contributed by atoms with E-state index in [1.165, 1.54) is 12.1 Å². The van der Waals surface area contributed by atoms with Crippen molar-refractivity contribution in [3.8, 4) is 5.75 Å². The van der Waals surface area contributed by atoms with Gasteiger partial charge in [0.2, 0.25) is 0 Å². The van der Waals surface area contributed by atoms with Gasteiger partial charge in [0.25, 0.3) is 0 Å². The normalized spacial score (nSPS) is 13.8. The van der Waals surface area contributed by atoms with Gasteiger partial charge in [0, 0.05) is 12.0 Å². The summed E-state index contributed by atoms with van der Waals surface area (Å²) in [6.07, 6.45) is 0.633. The average Bonchev–Trinajstić information content (AvgIpc) is 2.48. The quantitative estimate of drug-likeness (QED) is 0.907. The predicted molar refractivity (Wildman–Crippen MR) is 79.5 cm³/mol. The van der Waals surface area contributed by atoms with Crippen molar-refractivity contribution in [2.75, 3.05) is 13.7 Å². The number of ether oxygens (including phenoxy) is 1. The van der Waals surface area contributed by atoms with E-state index in [2.05, 4.69) is 19.1 Å². The van der Waals surface area contributed by atoms with Crippen molar-refractivity contribution < 1.29 is 9.13 Å². The molecule has 20 heavy (non-hydrogen) atoms. The molecule has 2 aromatic rings. The first-order valence-electron chi connectivity index (χ1n) is 6.67. The summed E-state index contributed by atoms with van der Waals surface area (Å²) in [5.74, 6) is 0.440. The van der Waals surface area contributed by atoms with Crippen LogP contribution in [0.5, 0.6) is 5.75 Å². The summed E-state index contributed by atoms with van der Waals surface area (Å²) in [4.78, 5) is 0. The van der Waals surface area contributed by atoms with E-state index in [1.807, 2.05) is 18.2 Å². The number of hydrogen-bond donors (Lipinski definition) is 1. The molecule has 0 saturated carbocycles. The Bertz CT molecular complexity index is 570. The molecule has 0 aliphatic heterocycles. The van der Waals surface area contributed by atoms with Crippen molar-refractivity contribution in [3.05, 3.63) is 65.5 Å².